The summed E-state index contributed by atoms with van der Waals surface area (Å²) in [6, 6.07) is 7.13. The average Bonchev–Trinajstić information content (AvgIpc) is 2.86. The van der Waals surface area contributed by atoms with E-state index in [0.717, 1.165) is 18.4 Å². The van der Waals surface area contributed by atoms with Gasteiger partial charge in [0.05, 0.1) is 12.1 Å². The van der Waals surface area contributed by atoms with Gasteiger partial charge >= 0.3 is 11.9 Å². The molecule has 0 saturated carbocycles. The third kappa shape index (κ3) is 3.07. The van der Waals surface area contributed by atoms with E-state index in [0.29, 0.717) is 15.6 Å². The van der Waals surface area contributed by atoms with Crippen LogP contribution in [0.25, 0.3) is 10.6 Å². The molecule has 98 valence electrons. The summed E-state index contributed by atoms with van der Waals surface area (Å²) in [4.78, 5) is 22.2. The van der Waals surface area contributed by atoms with Crippen molar-refractivity contribution in [2.75, 3.05) is 12.4 Å². The maximum atomic E-state index is 11.3. The number of halogens is 1. The summed E-state index contributed by atoms with van der Waals surface area (Å²) in [5.41, 5.74) is 0.709. The number of benzene rings is 1. The van der Waals surface area contributed by atoms with Crippen molar-refractivity contribution in [2.24, 2.45) is 0 Å². The topological polar surface area (TPSA) is 81.2 Å². The molecule has 1 heterocycles. The molecule has 8 heteroatoms. The molecule has 1 aromatic carbocycles. The first-order valence-electron chi connectivity index (χ1n) is 5.09. The lowest BCUT2D eigenvalue weighted by Gasteiger charge is -1.98. The first-order chi connectivity index (χ1) is 9.11. The Morgan fingerprint density at radius 3 is 2.74 bits per heavy atom. The number of ether oxygens (including phenoxy) is 1. The highest BCUT2D eigenvalue weighted by Crippen LogP contribution is 2.31. The Kier molecular flexibility index (Phi) is 4.08. The molecule has 6 nitrogen and oxygen atoms in total. The molecule has 0 atom stereocenters. The Labute approximate surface area is 117 Å². The average molecular weight is 298 g/mol. The minimum Gasteiger partial charge on any atom is -0.462 e. The molecule has 0 radical (unpaired) electrons. The van der Waals surface area contributed by atoms with Crippen molar-refractivity contribution in [3.63, 3.8) is 0 Å². The zero-order chi connectivity index (χ0) is 13.8. The molecule has 0 spiro atoms. The van der Waals surface area contributed by atoms with E-state index in [1.807, 2.05) is 6.07 Å². The van der Waals surface area contributed by atoms with Crippen molar-refractivity contribution in [1.29, 1.82) is 0 Å². The van der Waals surface area contributed by atoms with Gasteiger partial charge in [0.1, 0.15) is 0 Å². The van der Waals surface area contributed by atoms with Gasteiger partial charge in [-0.05, 0) is 6.07 Å². The number of amides is 1. The lowest BCUT2D eigenvalue weighted by Crippen LogP contribution is -2.23. The highest BCUT2D eigenvalue weighted by Gasteiger charge is 2.17. The minimum absolute atomic E-state index is 0.199. The van der Waals surface area contributed by atoms with E-state index in [2.05, 4.69) is 20.3 Å². The molecular weight excluding hydrogens is 290 g/mol. The van der Waals surface area contributed by atoms with Crippen LogP contribution >= 0.6 is 22.9 Å². The Hall–Kier alpha value is -1.99. The number of methoxy groups -OCH3 is 1. The number of hydrogen-bond donors (Lipinski definition) is 1. The van der Waals surface area contributed by atoms with Crippen LogP contribution < -0.4 is 5.32 Å². The number of esters is 1. The Morgan fingerprint density at radius 2 is 2.05 bits per heavy atom. The summed E-state index contributed by atoms with van der Waals surface area (Å²) in [7, 11) is 1.12. The van der Waals surface area contributed by atoms with Crippen LogP contribution in [0, 0.1) is 0 Å². The van der Waals surface area contributed by atoms with E-state index < -0.39 is 11.9 Å². The molecule has 0 unspecified atom stereocenters. The zero-order valence-corrected chi connectivity index (χ0v) is 11.3. The third-order valence-electron chi connectivity index (χ3n) is 2.12. The fraction of sp³-hybridized carbons (Fsp3) is 0.0909. The highest BCUT2D eigenvalue weighted by atomic mass is 35.5. The quantitative estimate of drug-likeness (QED) is 0.677. The maximum Gasteiger partial charge on any atom is 0.396 e. The molecule has 0 saturated heterocycles. The van der Waals surface area contributed by atoms with Crippen LogP contribution in [-0.2, 0) is 14.3 Å². The third-order valence-corrected chi connectivity index (χ3v) is 3.32. The molecule has 1 N–H and O–H groups in total. The molecule has 0 aliphatic carbocycles. The number of hydrogen-bond acceptors (Lipinski definition) is 6. The van der Waals surface area contributed by atoms with Gasteiger partial charge in [0.25, 0.3) is 0 Å². The van der Waals surface area contributed by atoms with Gasteiger partial charge in [-0.25, -0.2) is 4.79 Å². The molecule has 1 aromatic heterocycles. The number of nitrogens with zero attached hydrogens (tertiary/aromatic N) is 2. The zero-order valence-electron chi connectivity index (χ0n) is 9.71. The first-order valence-corrected chi connectivity index (χ1v) is 6.29. The van der Waals surface area contributed by atoms with Gasteiger partial charge in [0.15, 0.2) is 5.01 Å². The molecule has 2 rings (SSSR count). The highest BCUT2D eigenvalue weighted by molar-refractivity contribution is 7.18. The number of rotatable bonds is 2. The largest absolute Gasteiger partial charge is 0.462 e. The number of carbonyl (C=O) groups is 2. The molecule has 19 heavy (non-hydrogen) atoms. The fourth-order valence-corrected chi connectivity index (χ4v) is 2.32. The summed E-state index contributed by atoms with van der Waals surface area (Å²) < 4.78 is 4.28. The Balaban J connectivity index is 2.18. The Morgan fingerprint density at radius 1 is 1.32 bits per heavy atom. The summed E-state index contributed by atoms with van der Waals surface area (Å²) >= 11 is 7.13. The van der Waals surface area contributed by atoms with Gasteiger partial charge in [-0.3, -0.25) is 10.1 Å². The second kappa shape index (κ2) is 5.77. The summed E-state index contributed by atoms with van der Waals surface area (Å²) in [5.74, 6) is -1.89. The van der Waals surface area contributed by atoms with Crippen molar-refractivity contribution in [1.82, 2.24) is 10.2 Å². The summed E-state index contributed by atoms with van der Waals surface area (Å²) in [6.45, 7) is 0. The normalized spacial score (nSPS) is 10.0. The van der Waals surface area contributed by atoms with E-state index in [4.69, 9.17) is 11.6 Å². The van der Waals surface area contributed by atoms with Gasteiger partial charge in [-0.15, -0.1) is 10.2 Å². The predicted molar refractivity (Wildman–Crippen MR) is 71.0 cm³/mol. The van der Waals surface area contributed by atoms with Crippen LogP contribution in [0.2, 0.25) is 5.02 Å². The molecular formula is C11H8ClN3O3S. The smallest absolute Gasteiger partial charge is 0.396 e. The van der Waals surface area contributed by atoms with Gasteiger partial charge in [-0.1, -0.05) is 41.1 Å². The van der Waals surface area contributed by atoms with Crippen LogP contribution in [0.3, 0.4) is 0 Å². The van der Waals surface area contributed by atoms with E-state index in [-0.39, 0.29) is 5.13 Å². The number of carbonyl (C=O) groups excluding carboxylic acids is 2. The standard InChI is InChI=1S/C11H8ClN3O3S/c1-18-10(17)8(16)13-11-15-14-9(19-11)6-4-2-3-5-7(6)12/h2-5H,1H3,(H,13,15,16). The van der Waals surface area contributed by atoms with Crippen molar-refractivity contribution >= 4 is 39.9 Å². The van der Waals surface area contributed by atoms with Gasteiger partial charge < -0.3 is 4.74 Å². The van der Waals surface area contributed by atoms with E-state index >= 15 is 0 Å². The lowest BCUT2D eigenvalue weighted by atomic mass is 10.2. The van der Waals surface area contributed by atoms with Crippen LogP contribution in [0.15, 0.2) is 24.3 Å². The minimum atomic E-state index is -0.991. The second-order valence-corrected chi connectivity index (χ2v) is 4.72. The van der Waals surface area contributed by atoms with E-state index in [1.165, 1.54) is 0 Å². The van der Waals surface area contributed by atoms with Crippen molar-refractivity contribution in [2.45, 2.75) is 0 Å². The number of nitrogens with one attached hydrogen (secondary N) is 1. The maximum absolute atomic E-state index is 11.3. The summed E-state index contributed by atoms with van der Waals surface area (Å²) in [6.07, 6.45) is 0. The summed E-state index contributed by atoms with van der Waals surface area (Å²) in [5, 5.41) is 11.2. The SMILES string of the molecule is COC(=O)C(=O)Nc1nnc(-c2ccccc2Cl)s1. The van der Waals surface area contributed by atoms with Crippen LogP contribution in [0.4, 0.5) is 5.13 Å². The molecule has 0 aliphatic rings. The fourth-order valence-electron chi connectivity index (χ4n) is 1.26. The molecule has 0 aliphatic heterocycles. The molecule has 1 amide bonds. The van der Waals surface area contributed by atoms with Crippen LogP contribution in [0.1, 0.15) is 0 Å². The molecule has 0 fully saturated rings. The Bertz CT molecular complexity index is 629. The van der Waals surface area contributed by atoms with Crippen molar-refractivity contribution < 1.29 is 14.3 Å². The van der Waals surface area contributed by atoms with Crippen molar-refractivity contribution in [3.05, 3.63) is 29.3 Å². The number of anilines is 1. The van der Waals surface area contributed by atoms with E-state index in [1.54, 1.807) is 18.2 Å². The lowest BCUT2D eigenvalue weighted by molar-refractivity contribution is -0.150. The first kappa shape index (κ1) is 13.4. The molecule has 0 bridgehead atoms. The molecule has 2 aromatic rings. The monoisotopic (exact) mass is 297 g/mol. The van der Waals surface area contributed by atoms with Gasteiger partial charge in [-0.2, -0.15) is 0 Å². The van der Waals surface area contributed by atoms with Gasteiger partial charge in [0, 0.05) is 5.56 Å². The number of aromatic nitrogens is 2. The predicted octanol–water partition coefficient (Wildman–Crippen LogP) is 1.97. The van der Waals surface area contributed by atoms with Crippen molar-refractivity contribution in [3.8, 4) is 10.6 Å². The second-order valence-electron chi connectivity index (χ2n) is 3.34. The van der Waals surface area contributed by atoms with Gasteiger partial charge in [0.2, 0.25) is 5.13 Å². The van der Waals surface area contributed by atoms with Crippen LogP contribution in [-0.4, -0.2) is 29.2 Å². The van der Waals surface area contributed by atoms with E-state index in [9.17, 15) is 9.59 Å². The van der Waals surface area contributed by atoms with Crippen LogP contribution in [0.5, 0.6) is 0 Å².